The van der Waals surface area contributed by atoms with Gasteiger partial charge in [0.15, 0.2) is 0 Å². The fraction of sp³-hybridized carbons (Fsp3) is 0.714. The van der Waals surface area contributed by atoms with Crippen LogP contribution in [-0.4, -0.2) is 6.17 Å². The van der Waals surface area contributed by atoms with Crippen molar-refractivity contribution in [3.63, 3.8) is 0 Å². The molecule has 0 spiro atoms. The maximum Gasteiger partial charge on any atom is 0.119 e. The van der Waals surface area contributed by atoms with Gasteiger partial charge in [-0.15, -0.1) is 0 Å². The lowest BCUT2D eigenvalue weighted by molar-refractivity contribution is 0.315. The van der Waals surface area contributed by atoms with Crippen molar-refractivity contribution in [3.8, 4) is 0 Å². The molecule has 0 saturated heterocycles. The highest BCUT2D eigenvalue weighted by molar-refractivity contribution is 4.95. The van der Waals surface area contributed by atoms with Gasteiger partial charge >= 0.3 is 0 Å². The van der Waals surface area contributed by atoms with Gasteiger partial charge in [0.05, 0.1) is 0 Å². The van der Waals surface area contributed by atoms with Crippen molar-refractivity contribution in [1.29, 1.82) is 0 Å². The second-order valence-electron chi connectivity index (χ2n) is 2.52. The molecule has 0 aliphatic heterocycles. The Balaban J connectivity index is 2.42. The Labute approximate surface area is 49.4 Å². The van der Waals surface area contributed by atoms with Crippen molar-refractivity contribution in [2.75, 3.05) is 0 Å². The van der Waals surface area contributed by atoms with Crippen LogP contribution in [0.5, 0.6) is 0 Å². The van der Waals surface area contributed by atoms with Crippen LogP contribution in [0.25, 0.3) is 0 Å². The molecule has 8 heavy (non-hydrogen) atoms. The molecule has 46 valence electrons. The van der Waals surface area contributed by atoms with E-state index in [0.717, 1.165) is 12.8 Å². The molecule has 1 unspecified atom stereocenters. The lowest BCUT2D eigenvalue weighted by Crippen LogP contribution is -2.07. The number of allylic oxidation sites excluding steroid dienone is 2. The maximum atomic E-state index is 12.3. The smallest absolute Gasteiger partial charge is 0.119 e. The predicted molar refractivity (Wildman–Crippen MR) is 32.4 cm³/mol. The van der Waals surface area contributed by atoms with Crippen LogP contribution in [-0.2, 0) is 0 Å². The lowest BCUT2D eigenvalue weighted by Gasteiger charge is -2.14. The minimum atomic E-state index is -0.668. The molecule has 0 aromatic carbocycles. The largest absolute Gasteiger partial charge is 0.243 e. The van der Waals surface area contributed by atoms with Crippen LogP contribution in [0.15, 0.2) is 12.2 Å². The monoisotopic (exact) mass is 114 g/mol. The van der Waals surface area contributed by atoms with Crippen LogP contribution in [0.3, 0.4) is 0 Å². The summed E-state index contributed by atoms with van der Waals surface area (Å²) in [5.74, 6) is 0.551. The van der Waals surface area contributed by atoms with E-state index < -0.39 is 6.17 Å². The van der Waals surface area contributed by atoms with Crippen molar-refractivity contribution in [2.45, 2.75) is 25.9 Å². The minimum absolute atomic E-state index is 0.551. The van der Waals surface area contributed by atoms with E-state index in [-0.39, 0.29) is 0 Å². The molecule has 2 atom stereocenters. The van der Waals surface area contributed by atoms with Gasteiger partial charge < -0.3 is 0 Å². The van der Waals surface area contributed by atoms with E-state index in [9.17, 15) is 4.39 Å². The topological polar surface area (TPSA) is 0 Å². The number of rotatable bonds is 0. The zero-order chi connectivity index (χ0) is 5.98. The van der Waals surface area contributed by atoms with E-state index >= 15 is 0 Å². The summed E-state index contributed by atoms with van der Waals surface area (Å²) >= 11 is 0. The zero-order valence-corrected chi connectivity index (χ0v) is 5.10. The molecule has 0 heterocycles. The van der Waals surface area contributed by atoms with E-state index in [1.165, 1.54) is 0 Å². The lowest BCUT2D eigenvalue weighted by atomic mass is 9.95. The number of hydrogen-bond donors (Lipinski definition) is 0. The van der Waals surface area contributed by atoms with Crippen LogP contribution in [0, 0.1) is 5.92 Å². The molecule has 0 saturated carbocycles. The standard InChI is InChI=1S/C7H11F/c1-6-3-2-4-7(8)5-6/h2,4,6-7H,3,5H2,1H3/t6?,7-/m0/s1. The molecule has 0 fully saturated rings. The maximum absolute atomic E-state index is 12.3. The van der Waals surface area contributed by atoms with Crippen molar-refractivity contribution in [1.82, 2.24) is 0 Å². The third-order valence-corrected chi connectivity index (χ3v) is 1.51. The molecule has 0 aromatic rings. The molecule has 0 bridgehead atoms. The van der Waals surface area contributed by atoms with Gasteiger partial charge in [0.1, 0.15) is 6.17 Å². The summed E-state index contributed by atoms with van der Waals surface area (Å²) < 4.78 is 12.3. The Morgan fingerprint density at radius 3 is 2.75 bits per heavy atom. The molecule has 0 nitrogen and oxygen atoms in total. The molecule has 0 aromatic heterocycles. The summed E-state index contributed by atoms with van der Waals surface area (Å²) in [6.45, 7) is 2.08. The molecule has 0 N–H and O–H groups in total. The first-order chi connectivity index (χ1) is 3.79. The first kappa shape index (κ1) is 5.80. The quantitative estimate of drug-likeness (QED) is 0.424. The minimum Gasteiger partial charge on any atom is -0.243 e. The Bertz CT molecular complexity index is 96.6. The van der Waals surface area contributed by atoms with Crippen molar-refractivity contribution in [3.05, 3.63) is 12.2 Å². The van der Waals surface area contributed by atoms with Crippen molar-refractivity contribution in [2.24, 2.45) is 5.92 Å². The molecule has 1 heteroatoms. The van der Waals surface area contributed by atoms with Gasteiger partial charge in [-0.3, -0.25) is 0 Å². The van der Waals surface area contributed by atoms with E-state index in [1.807, 2.05) is 6.08 Å². The fourth-order valence-electron chi connectivity index (χ4n) is 1.02. The highest BCUT2D eigenvalue weighted by atomic mass is 19.1. The molecule has 1 aliphatic carbocycles. The average molecular weight is 114 g/mol. The van der Waals surface area contributed by atoms with Gasteiger partial charge in [-0.05, 0) is 18.8 Å². The van der Waals surface area contributed by atoms with Gasteiger partial charge in [-0.25, -0.2) is 4.39 Å². The number of hydrogen-bond acceptors (Lipinski definition) is 0. The van der Waals surface area contributed by atoms with Gasteiger partial charge in [0, 0.05) is 0 Å². The second kappa shape index (κ2) is 2.29. The summed E-state index contributed by atoms with van der Waals surface area (Å²) in [6.07, 6.45) is 4.69. The molecule has 1 rings (SSSR count). The van der Waals surface area contributed by atoms with Crippen molar-refractivity contribution >= 4 is 0 Å². The van der Waals surface area contributed by atoms with Crippen LogP contribution >= 0.6 is 0 Å². The summed E-state index contributed by atoms with van der Waals surface area (Å²) in [5, 5.41) is 0. The number of alkyl halides is 1. The third-order valence-electron chi connectivity index (χ3n) is 1.51. The summed E-state index contributed by atoms with van der Waals surface area (Å²) in [4.78, 5) is 0. The second-order valence-corrected chi connectivity index (χ2v) is 2.52. The van der Waals surface area contributed by atoms with E-state index in [2.05, 4.69) is 6.92 Å². The molecular formula is C7H11F. The van der Waals surface area contributed by atoms with Crippen LogP contribution in [0.2, 0.25) is 0 Å². The third kappa shape index (κ3) is 1.32. The molecule has 0 radical (unpaired) electrons. The normalized spacial score (nSPS) is 37.8. The Kier molecular flexibility index (Phi) is 1.66. The number of halogens is 1. The zero-order valence-electron chi connectivity index (χ0n) is 5.10. The predicted octanol–water partition coefficient (Wildman–Crippen LogP) is 2.31. The summed E-state index contributed by atoms with van der Waals surface area (Å²) in [7, 11) is 0. The van der Waals surface area contributed by atoms with Crippen molar-refractivity contribution < 1.29 is 4.39 Å². The molecule has 0 amide bonds. The van der Waals surface area contributed by atoms with Gasteiger partial charge in [-0.1, -0.05) is 19.1 Å². The van der Waals surface area contributed by atoms with Gasteiger partial charge in [-0.2, -0.15) is 0 Å². The van der Waals surface area contributed by atoms with Gasteiger partial charge in [0.25, 0.3) is 0 Å². The van der Waals surface area contributed by atoms with E-state index in [1.54, 1.807) is 6.08 Å². The Morgan fingerprint density at radius 1 is 1.62 bits per heavy atom. The Morgan fingerprint density at radius 2 is 2.38 bits per heavy atom. The SMILES string of the molecule is CC1CC=C[C@H](F)C1. The molecule has 1 aliphatic rings. The van der Waals surface area contributed by atoms with E-state index in [0.29, 0.717) is 5.92 Å². The van der Waals surface area contributed by atoms with Crippen LogP contribution in [0.1, 0.15) is 19.8 Å². The highest BCUT2D eigenvalue weighted by Crippen LogP contribution is 2.19. The van der Waals surface area contributed by atoms with Crippen LogP contribution < -0.4 is 0 Å². The first-order valence-corrected chi connectivity index (χ1v) is 3.10. The summed E-state index contributed by atoms with van der Waals surface area (Å²) in [5.41, 5.74) is 0. The van der Waals surface area contributed by atoms with Gasteiger partial charge in [0.2, 0.25) is 0 Å². The molecular weight excluding hydrogens is 103 g/mol. The van der Waals surface area contributed by atoms with E-state index in [4.69, 9.17) is 0 Å². The fourth-order valence-corrected chi connectivity index (χ4v) is 1.02. The first-order valence-electron chi connectivity index (χ1n) is 3.10. The highest BCUT2D eigenvalue weighted by Gasteiger charge is 2.11. The summed E-state index contributed by atoms with van der Waals surface area (Å²) in [6, 6.07) is 0. The average Bonchev–Trinajstić information content (AvgIpc) is 1.64. The Hall–Kier alpha value is -0.330. The van der Waals surface area contributed by atoms with Crippen LogP contribution in [0.4, 0.5) is 4.39 Å².